The van der Waals surface area contributed by atoms with E-state index in [-0.39, 0.29) is 5.91 Å². The predicted molar refractivity (Wildman–Crippen MR) is 105 cm³/mol. The van der Waals surface area contributed by atoms with Gasteiger partial charge >= 0.3 is 0 Å². The summed E-state index contributed by atoms with van der Waals surface area (Å²) >= 11 is 1.51. The van der Waals surface area contributed by atoms with Gasteiger partial charge in [0.2, 0.25) is 5.91 Å². The Morgan fingerprint density at radius 3 is 2.70 bits per heavy atom. The third-order valence-corrected chi connectivity index (χ3v) is 6.38. The quantitative estimate of drug-likeness (QED) is 0.749. The van der Waals surface area contributed by atoms with Crippen molar-refractivity contribution in [1.29, 1.82) is 0 Å². The number of rotatable bonds is 4. The van der Waals surface area contributed by atoms with Gasteiger partial charge in [-0.15, -0.1) is 10.2 Å². The first-order chi connectivity index (χ1) is 13.2. The molecule has 2 bridgehead atoms. The van der Waals surface area contributed by atoms with Gasteiger partial charge in [0.25, 0.3) is 0 Å². The first-order valence-corrected chi connectivity index (χ1v) is 10.1. The molecular weight excluding hydrogens is 360 g/mol. The number of hydrogen-bond donors (Lipinski definition) is 1. The zero-order valence-electron chi connectivity index (χ0n) is 15.1. The fourth-order valence-corrected chi connectivity index (χ4v) is 4.89. The second-order valence-electron chi connectivity index (χ2n) is 7.27. The van der Waals surface area contributed by atoms with E-state index < -0.39 is 0 Å². The maximum Gasteiger partial charge on any atom is 0.239 e. The molecule has 0 unspecified atom stereocenters. The largest absolute Gasteiger partial charge is 0.310 e. The molecule has 2 aliphatic rings. The van der Waals surface area contributed by atoms with Crippen LogP contribution in [0.25, 0.3) is 21.6 Å². The number of anilines is 1. The van der Waals surface area contributed by atoms with Crippen molar-refractivity contribution in [2.75, 3.05) is 11.9 Å². The molecule has 0 spiro atoms. The van der Waals surface area contributed by atoms with E-state index in [0.29, 0.717) is 24.4 Å². The normalized spacial score (nSPS) is 21.8. The summed E-state index contributed by atoms with van der Waals surface area (Å²) in [6.07, 6.45) is 6.65. The van der Waals surface area contributed by atoms with Crippen molar-refractivity contribution in [2.24, 2.45) is 0 Å². The molecule has 1 amide bonds. The topological polar surface area (TPSA) is 83.9 Å². The van der Waals surface area contributed by atoms with E-state index in [1.165, 1.54) is 37.0 Å². The minimum absolute atomic E-state index is 0.00319. The summed E-state index contributed by atoms with van der Waals surface area (Å²) in [5.41, 5.74) is 1.57. The Morgan fingerprint density at radius 2 is 2.00 bits per heavy atom. The molecular formula is C19H20N6OS. The highest BCUT2D eigenvalue weighted by atomic mass is 32.1. The van der Waals surface area contributed by atoms with E-state index in [1.807, 2.05) is 25.1 Å². The number of carbonyl (C=O) groups excluding carboxylic acids is 1. The summed E-state index contributed by atoms with van der Waals surface area (Å²) in [7, 11) is 0. The highest BCUT2D eigenvalue weighted by molar-refractivity contribution is 7.14. The summed E-state index contributed by atoms with van der Waals surface area (Å²) < 4.78 is 0. The van der Waals surface area contributed by atoms with Crippen molar-refractivity contribution in [2.45, 2.75) is 44.7 Å². The van der Waals surface area contributed by atoms with Gasteiger partial charge in [-0.2, -0.15) is 0 Å². The van der Waals surface area contributed by atoms with Crippen LogP contribution in [0, 0.1) is 6.92 Å². The first-order valence-electron chi connectivity index (χ1n) is 9.28. The molecule has 27 heavy (non-hydrogen) atoms. The standard InChI is InChI=1S/C19H20N6OS/c1-11-23-24-19(27-11)15-7-2-12-9-20-17(8-16(12)21-15)22-18(26)10-25-13-3-4-14(25)6-5-13/h2,7-9,13-14H,3-6,10H2,1H3,(H,20,22,26). The van der Waals surface area contributed by atoms with Gasteiger partial charge in [0.15, 0.2) is 5.01 Å². The van der Waals surface area contributed by atoms with E-state index in [4.69, 9.17) is 0 Å². The molecule has 2 saturated heterocycles. The minimum Gasteiger partial charge on any atom is -0.310 e. The van der Waals surface area contributed by atoms with E-state index in [1.54, 1.807) is 6.20 Å². The van der Waals surface area contributed by atoms with Crippen LogP contribution in [0.5, 0.6) is 0 Å². The number of pyridine rings is 2. The number of amides is 1. The predicted octanol–water partition coefficient (Wildman–Crippen LogP) is 3.02. The molecule has 5 rings (SSSR count). The lowest BCUT2D eigenvalue weighted by atomic mass is 10.0. The van der Waals surface area contributed by atoms with Crippen LogP contribution in [0.1, 0.15) is 30.7 Å². The lowest BCUT2D eigenvalue weighted by molar-refractivity contribution is -0.117. The lowest BCUT2D eigenvalue weighted by Gasteiger charge is -2.20. The average Bonchev–Trinajstić information content (AvgIpc) is 3.37. The van der Waals surface area contributed by atoms with Gasteiger partial charge in [-0.25, -0.2) is 9.97 Å². The molecule has 7 nitrogen and oxygen atoms in total. The highest BCUT2D eigenvalue weighted by Gasteiger charge is 2.39. The summed E-state index contributed by atoms with van der Waals surface area (Å²) in [5.74, 6) is 0.536. The summed E-state index contributed by atoms with van der Waals surface area (Å²) in [5, 5.41) is 13.8. The Balaban J connectivity index is 1.35. The number of aromatic nitrogens is 4. The summed E-state index contributed by atoms with van der Waals surface area (Å²) in [6, 6.07) is 6.89. The number of fused-ring (bicyclic) bond motifs is 3. The van der Waals surface area contributed by atoms with Crippen LogP contribution in [-0.4, -0.2) is 49.6 Å². The van der Waals surface area contributed by atoms with Gasteiger partial charge in [0.1, 0.15) is 16.5 Å². The number of aryl methyl sites for hydroxylation is 1. The fraction of sp³-hybridized carbons (Fsp3) is 0.421. The van der Waals surface area contributed by atoms with E-state index >= 15 is 0 Å². The van der Waals surface area contributed by atoms with Crippen molar-refractivity contribution in [3.63, 3.8) is 0 Å². The SMILES string of the molecule is Cc1nnc(-c2ccc3cnc(NC(=O)CN4C5CCC4CC5)cc3n2)s1. The molecule has 0 atom stereocenters. The van der Waals surface area contributed by atoms with Crippen molar-refractivity contribution < 1.29 is 4.79 Å². The third-order valence-electron chi connectivity index (χ3n) is 5.52. The molecule has 5 heterocycles. The molecule has 2 aliphatic heterocycles. The Hall–Kier alpha value is -2.45. The zero-order valence-corrected chi connectivity index (χ0v) is 15.9. The molecule has 0 radical (unpaired) electrons. The van der Waals surface area contributed by atoms with Gasteiger partial charge in [0, 0.05) is 29.7 Å². The molecule has 0 aromatic carbocycles. The number of carbonyl (C=O) groups is 1. The second-order valence-corrected chi connectivity index (χ2v) is 8.45. The van der Waals surface area contributed by atoms with Gasteiger partial charge in [-0.1, -0.05) is 11.3 Å². The number of nitrogens with one attached hydrogen (secondary N) is 1. The Bertz CT molecular complexity index is 998. The molecule has 8 heteroatoms. The Kier molecular flexibility index (Phi) is 4.09. The minimum atomic E-state index is -0.00319. The van der Waals surface area contributed by atoms with Gasteiger partial charge < -0.3 is 5.32 Å². The van der Waals surface area contributed by atoms with E-state index in [2.05, 4.69) is 30.4 Å². The van der Waals surface area contributed by atoms with Crippen LogP contribution in [0.2, 0.25) is 0 Å². The van der Waals surface area contributed by atoms with Crippen molar-refractivity contribution in [3.8, 4) is 10.7 Å². The van der Waals surface area contributed by atoms with E-state index in [0.717, 1.165) is 26.6 Å². The fourth-order valence-electron chi connectivity index (χ4n) is 4.23. The molecule has 3 aromatic heterocycles. The van der Waals surface area contributed by atoms with Crippen LogP contribution < -0.4 is 5.32 Å². The monoisotopic (exact) mass is 380 g/mol. The Labute approximate surface area is 160 Å². The molecule has 138 valence electrons. The van der Waals surface area contributed by atoms with Gasteiger partial charge in [-0.05, 0) is 44.7 Å². The van der Waals surface area contributed by atoms with Gasteiger partial charge in [-0.3, -0.25) is 9.69 Å². The van der Waals surface area contributed by atoms with Crippen LogP contribution >= 0.6 is 11.3 Å². The zero-order chi connectivity index (χ0) is 18.4. The molecule has 1 N–H and O–H groups in total. The van der Waals surface area contributed by atoms with Crippen LogP contribution in [-0.2, 0) is 4.79 Å². The summed E-state index contributed by atoms with van der Waals surface area (Å²) in [6.45, 7) is 2.37. The van der Waals surface area contributed by atoms with Crippen molar-refractivity contribution in [1.82, 2.24) is 25.1 Å². The molecule has 3 aromatic rings. The molecule has 0 saturated carbocycles. The van der Waals surface area contributed by atoms with Crippen molar-refractivity contribution in [3.05, 3.63) is 29.4 Å². The van der Waals surface area contributed by atoms with Crippen LogP contribution in [0.3, 0.4) is 0 Å². The smallest absolute Gasteiger partial charge is 0.239 e. The lowest BCUT2D eigenvalue weighted by Crippen LogP contribution is -2.36. The molecule has 2 fully saturated rings. The van der Waals surface area contributed by atoms with Crippen LogP contribution in [0.15, 0.2) is 24.4 Å². The second kappa shape index (κ2) is 6.61. The van der Waals surface area contributed by atoms with Crippen LogP contribution in [0.4, 0.5) is 5.82 Å². The third kappa shape index (κ3) is 3.19. The molecule has 0 aliphatic carbocycles. The summed E-state index contributed by atoms with van der Waals surface area (Å²) in [4.78, 5) is 23.9. The number of nitrogens with zero attached hydrogens (tertiary/aromatic N) is 5. The average molecular weight is 380 g/mol. The van der Waals surface area contributed by atoms with Gasteiger partial charge in [0.05, 0.1) is 12.1 Å². The van der Waals surface area contributed by atoms with Crippen molar-refractivity contribution >= 4 is 34.0 Å². The first kappa shape index (κ1) is 16.7. The number of hydrogen-bond acceptors (Lipinski definition) is 7. The maximum absolute atomic E-state index is 12.5. The highest BCUT2D eigenvalue weighted by Crippen LogP contribution is 2.36. The van der Waals surface area contributed by atoms with E-state index in [9.17, 15) is 4.79 Å². The maximum atomic E-state index is 12.5. The Morgan fingerprint density at radius 1 is 1.22 bits per heavy atom.